The summed E-state index contributed by atoms with van der Waals surface area (Å²) in [6.45, 7) is 5.32. The Balaban J connectivity index is 1.74. The van der Waals surface area contributed by atoms with Crippen LogP contribution in [0.5, 0.6) is 5.75 Å². The van der Waals surface area contributed by atoms with Crippen LogP contribution in [0.3, 0.4) is 0 Å². The molecule has 3 amide bonds. The van der Waals surface area contributed by atoms with Crippen LogP contribution in [0.15, 0.2) is 40.8 Å². The number of rotatable bonds is 12. The van der Waals surface area contributed by atoms with Gasteiger partial charge in [0, 0.05) is 18.8 Å². The number of nitrogens with zero attached hydrogens (tertiary/aromatic N) is 2. The molecule has 2 aromatic heterocycles. The van der Waals surface area contributed by atoms with Crippen molar-refractivity contribution in [1.82, 2.24) is 9.69 Å². The number of nitrogen functional groups attached to an aromatic ring is 1. The Morgan fingerprint density at radius 3 is 2.59 bits per heavy atom. The van der Waals surface area contributed by atoms with Gasteiger partial charge in [0.1, 0.15) is 22.1 Å². The van der Waals surface area contributed by atoms with E-state index in [-0.39, 0.29) is 34.7 Å². The van der Waals surface area contributed by atoms with Crippen molar-refractivity contribution in [2.24, 2.45) is 5.73 Å². The first-order chi connectivity index (χ1) is 18.8. The van der Waals surface area contributed by atoms with Crippen LogP contribution in [0.25, 0.3) is 0 Å². The van der Waals surface area contributed by atoms with Crippen LogP contribution in [0, 0.1) is 6.92 Å². The highest BCUT2D eigenvalue weighted by molar-refractivity contribution is 7.09. The molecule has 1 aliphatic rings. The highest BCUT2D eigenvalue weighted by Crippen LogP contribution is 2.34. The predicted molar refractivity (Wildman–Crippen MR) is 147 cm³/mol. The van der Waals surface area contributed by atoms with Crippen LogP contribution in [-0.2, 0) is 9.53 Å². The Labute approximate surface area is 230 Å². The topological polar surface area (TPSA) is 163 Å². The van der Waals surface area contributed by atoms with E-state index in [1.165, 1.54) is 4.90 Å². The number of nitrogens with two attached hydrogens (primary N) is 2. The molecule has 1 aromatic carbocycles. The first-order valence-corrected chi connectivity index (χ1v) is 13.6. The second kappa shape index (κ2) is 12.8. The van der Waals surface area contributed by atoms with Gasteiger partial charge in [0.15, 0.2) is 11.7 Å². The molecule has 1 saturated heterocycles. The van der Waals surface area contributed by atoms with Gasteiger partial charge in [0.25, 0.3) is 17.7 Å². The van der Waals surface area contributed by atoms with Crippen LogP contribution in [-0.4, -0.2) is 48.0 Å². The number of nitrogens with one attached hydrogen (secondary N) is 1. The van der Waals surface area contributed by atoms with E-state index in [1.54, 1.807) is 43.3 Å². The smallest absolute Gasteiger partial charge is 0.273 e. The molecule has 39 heavy (non-hydrogen) atoms. The first kappa shape index (κ1) is 28.1. The number of benzene rings is 1. The van der Waals surface area contributed by atoms with E-state index in [0.717, 1.165) is 37.2 Å². The molecule has 0 saturated carbocycles. The fraction of sp³-hybridized carbons (Fsp3) is 0.407. The first-order valence-electron chi connectivity index (χ1n) is 12.9. The Hall–Kier alpha value is -3.90. The number of ether oxygens (including phenoxy) is 2. The molecule has 0 bridgehead atoms. The van der Waals surface area contributed by atoms with Gasteiger partial charge < -0.3 is 30.7 Å². The molecule has 0 spiro atoms. The van der Waals surface area contributed by atoms with E-state index in [9.17, 15) is 14.4 Å². The molecule has 4 rings (SSSR count). The van der Waals surface area contributed by atoms with Crippen LogP contribution in [0.2, 0.25) is 0 Å². The highest BCUT2D eigenvalue weighted by Gasteiger charge is 2.38. The minimum Gasteiger partial charge on any atom is -0.494 e. The normalized spacial score (nSPS) is 15.6. The summed E-state index contributed by atoms with van der Waals surface area (Å²) in [5.74, 6) is -0.496. The van der Waals surface area contributed by atoms with Gasteiger partial charge in [-0.05, 0) is 74.1 Å². The van der Waals surface area contributed by atoms with Crippen molar-refractivity contribution in [1.29, 1.82) is 0 Å². The number of hydrogen-bond acceptors (Lipinski definition) is 9. The third kappa shape index (κ3) is 6.58. The summed E-state index contributed by atoms with van der Waals surface area (Å²) < 4.78 is 21.3. The zero-order valence-corrected chi connectivity index (χ0v) is 22.8. The van der Waals surface area contributed by atoms with Crippen LogP contribution in [0.4, 0.5) is 11.4 Å². The predicted octanol–water partition coefficient (Wildman–Crippen LogP) is 3.59. The quantitative estimate of drug-likeness (QED) is 0.286. The SMILES string of the molecule is CCCCOc1ccc(N(C(=O)c2snc(C(N)=O)c2N)[C@H](C(=O)NC[C@@H]2CCCO2)c2ccc(C)o2)cc1. The number of furan rings is 1. The second-order valence-electron chi connectivity index (χ2n) is 9.24. The average Bonchev–Trinajstić information content (AvgIpc) is 3.68. The molecule has 5 N–H and O–H groups in total. The molecule has 208 valence electrons. The summed E-state index contributed by atoms with van der Waals surface area (Å²) in [6.07, 6.45) is 3.55. The largest absolute Gasteiger partial charge is 0.494 e. The third-order valence-electron chi connectivity index (χ3n) is 6.32. The van der Waals surface area contributed by atoms with Crippen molar-refractivity contribution in [2.75, 3.05) is 30.4 Å². The number of hydrogen-bond donors (Lipinski definition) is 3. The number of unbranched alkanes of at least 4 members (excludes halogenated alkanes) is 1. The van der Waals surface area contributed by atoms with Crippen molar-refractivity contribution >= 4 is 40.6 Å². The zero-order chi connectivity index (χ0) is 27.9. The van der Waals surface area contributed by atoms with E-state index < -0.39 is 23.8 Å². The van der Waals surface area contributed by atoms with Gasteiger partial charge in [-0.1, -0.05) is 13.3 Å². The molecule has 11 nitrogen and oxygen atoms in total. The van der Waals surface area contributed by atoms with Gasteiger partial charge in [-0.25, -0.2) is 0 Å². The zero-order valence-electron chi connectivity index (χ0n) is 22.0. The number of anilines is 2. The van der Waals surface area contributed by atoms with Crippen molar-refractivity contribution in [3.63, 3.8) is 0 Å². The van der Waals surface area contributed by atoms with Crippen molar-refractivity contribution < 1.29 is 28.3 Å². The molecule has 0 aliphatic carbocycles. The van der Waals surface area contributed by atoms with Crippen LogP contribution < -0.4 is 26.4 Å². The number of aromatic nitrogens is 1. The third-order valence-corrected chi connectivity index (χ3v) is 7.17. The van der Waals surface area contributed by atoms with E-state index >= 15 is 0 Å². The van der Waals surface area contributed by atoms with Crippen LogP contribution >= 0.6 is 11.5 Å². The molecule has 2 atom stereocenters. The molecule has 1 aliphatic heterocycles. The minimum absolute atomic E-state index is 0.0210. The maximum Gasteiger partial charge on any atom is 0.273 e. The summed E-state index contributed by atoms with van der Waals surface area (Å²) >= 11 is 0.742. The molecule has 0 unspecified atom stereocenters. The summed E-state index contributed by atoms with van der Waals surface area (Å²) in [6, 6.07) is 8.99. The van der Waals surface area contributed by atoms with Crippen molar-refractivity contribution in [3.05, 3.63) is 58.5 Å². The molecule has 1 fully saturated rings. The van der Waals surface area contributed by atoms with Crippen LogP contribution in [0.1, 0.15) is 70.3 Å². The lowest BCUT2D eigenvalue weighted by molar-refractivity contribution is -0.123. The second-order valence-corrected chi connectivity index (χ2v) is 10.0. The van der Waals surface area contributed by atoms with Crippen molar-refractivity contribution in [3.8, 4) is 5.75 Å². The summed E-state index contributed by atoms with van der Waals surface area (Å²) in [7, 11) is 0. The summed E-state index contributed by atoms with van der Waals surface area (Å²) in [4.78, 5) is 40.8. The van der Waals surface area contributed by atoms with Gasteiger partial charge in [0.05, 0.1) is 18.4 Å². The lowest BCUT2D eigenvalue weighted by atomic mass is 10.1. The van der Waals surface area contributed by atoms with E-state index in [0.29, 0.717) is 30.4 Å². The maximum atomic E-state index is 14.1. The van der Waals surface area contributed by atoms with E-state index in [1.807, 2.05) is 0 Å². The van der Waals surface area contributed by atoms with Gasteiger partial charge in [-0.2, -0.15) is 4.37 Å². The summed E-state index contributed by atoms with van der Waals surface area (Å²) in [5.41, 5.74) is 11.5. The summed E-state index contributed by atoms with van der Waals surface area (Å²) in [5, 5.41) is 2.91. The monoisotopic (exact) mass is 555 g/mol. The molecule has 12 heteroatoms. The number of carbonyl (C=O) groups excluding carboxylic acids is 3. The Morgan fingerprint density at radius 1 is 1.23 bits per heavy atom. The molecular formula is C27H33N5O6S. The number of carbonyl (C=O) groups is 3. The minimum atomic E-state index is -1.20. The van der Waals surface area contributed by atoms with Crippen molar-refractivity contribution in [2.45, 2.75) is 51.7 Å². The highest BCUT2D eigenvalue weighted by atomic mass is 32.1. The molecule has 3 aromatic rings. The lowest BCUT2D eigenvalue weighted by Crippen LogP contribution is -2.45. The molecule has 0 radical (unpaired) electrons. The standard InChI is InChI=1S/C27H33N5O6S/c1-3-4-13-36-18-10-8-17(9-11-18)32(27(35)24-21(28)22(25(29)33)31-39-24)23(20-12-7-16(2)38-20)26(34)30-15-19-6-5-14-37-19/h7-12,19,23H,3-6,13-15,28H2,1-2H3,(H2,29,33)(H,30,34)/t19-,23-/m0/s1. The number of aryl methyl sites for hydroxylation is 1. The van der Waals surface area contributed by atoms with Gasteiger partial charge in [-0.3, -0.25) is 19.3 Å². The maximum absolute atomic E-state index is 14.1. The fourth-order valence-electron chi connectivity index (χ4n) is 4.25. The Bertz CT molecular complexity index is 1300. The number of amides is 3. The van der Waals surface area contributed by atoms with E-state index in [2.05, 4.69) is 16.6 Å². The van der Waals surface area contributed by atoms with Gasteiger partial charge in [0.2, 0.25) is 0 Å². The average molecular weight is 556 g/mol. The number of primary amides is 1. The van der Waals surface area contributed by atoms with E-state index in [4.69, 9.17) is 25.4 Å². The van der Waals surface area contributed by atoms with Gasteiger partial charge >= 0.3 is 0 Å². The fourth-order valence-corrected chi connectivity index (χ4v) is 4.99. The Morgan fingerprint density at radius 2 is 2.00 bits per heavy atom. The van der Waals surface area contributed by atoms with Gasteiger partial charge in [-0.15, -0.1) is 0 Å². The Kier molecular flexibility index (Phi) is 9.20. The molecule has 3 heterocycles. The lowest BCUT2D eigenvalue weighted by Gasteiger charge is -2.30. The molecular weight excluding hydrogens is 522 g/mol.